The molecule has 1 rings (SSSR count). The summed E-state index contributed by atoms with van der Waals surface area (Å²) in [6.07, 6.45) is 2.89. The molecule has 1 aromatic rings. The van der Waals surface area contributed by atoms with Gasteiger partial charge in [0.1, 0.15) is 0 Å². The number of carbonyl (C=O) groups excluding carboxylic acids is 1. The smallest absolute Gasteiger partial charge is 0.320 e. The molecule has 0 bridgehead atoms. The summed E-state index contributed by atoms with van der Waals surface area (Å²) in [5.41, 5.74) is 0.558. The lowest BCUT2D eigenvalue weighted by molar-refractivity contribution is -0.158. The highest BCUT2D eigenvalue weighted by molar-refractivity contribution is 6.31. The topological polar surface area (TPSA) is 76.5 Å². The van der Waals surface area contributed by atoms with Gasteiger partial charge in [-0.2, -0.15) is 0 Å². The molecule has 6 heteroatoms. The molecule has 0 saturated carbocycles. The number of carboxylic acid groups (broad SMARTS) is 1. The molecule has 1 N–H and O–H groups in total. The van der Waals surface area contributed by atoms with Gasteiger partial charge in [0, 0.05) is 12.4 Å². The number of ether oxygens (including phenoxy) is 1. The highest BCUT2D eigenvalue weighted by Crippen LogP contribution is 2.18. The first-order valence-corrected chi connectivity index (χ1v) is 5.41. The molecule has 1 atom stereocenters. The Kier molecular flexibility index (Phi) is 4.90. The van der Waals surface area contributed by atoms with Crippen LogP contribution in [0.2, 0.25) is 5.02 Å². The molecule has 0 aliphatic carbocycles. The number of aliphatic carboxylic acids is 1. The molecule has 0 saturated heterocycles. The highest BCUT2D eigenvalue weighted by atomic mass is 35.5. The molecule has 0 aliphatic rings. The van der Waals surface area contributed by atoms with Gasteiger partial charge in [-0.1, -0.05) is 11.6 Å². The summed E-state index contributed by atoms with van der Waals surface area (Å²) < 4.78 is 4.70. The zero-order chi connectivity index (χ0) is 12.8. The van der Waals surface area contributed by atoms with Gasteiger partial charge in [0.15, 0.2) is 5.92 Å². The molecule has 0 amide bonds. The van der Waals surface area contributed by atoms with Crippen LogP contribution in [-0.2, 0) is 20.7 Å². The van der Waals surface area contributed by atoms with E-state index in [1.807, 2.05) is 0 Å². The second-order valence-electron chi connectivity index (χ2n) is 3.31. The summed E-state index contributed by atoms with van der Waals surface area (Å²) in [5.74, 6) is -3.22. The monoisotopic (exact) mass is 257 g/mol. The van der Waals surface area contributed by atoms with Crippen LogP contribution in [0.1, 0.15) is 12.5 Å². The van der Waals surface area contributed by atoms with Crippen molar-refractivity contribution < 1.29 is 19.4 Å². The van der Waals surface area contributed by atoms with Crippen LogP contribution >= 0.6 is 11.6 Å². The second kappa shape index (κ2) is 6.20. The Morgan fingerprint density at radius 2 is 2.29 bits per heavy atom. The van der Waals surface area contributed by atoms with Crippen LogP contribution in [0, 0.1) is 5.92 Å². The third kappa shape index (κ3) is 3.71. The molecule has 5 nitrogen and oxygen atoms in total. The second-order valence-corrected chi connectivity index (χ2v) is 3.72. The lowest BCUT2D eigenvalue weighted by Gasteiger charge is -2.11. The number of halogens is 1. The average Bonchev–Trinajstić information content (AvgIpc) is 2.27. The van der Waals surface area contributed by atoms with Gasteiger partial charge in [-0.25, -0.2) is 0 Å². The number of carbonyl (C=O) groups is 2. The molecule has 0 aliphatic heterocycles. The van der Waals surface area contributed by atoms with Gasteiger partial charge in [-0.3, -0.25) is 14.6 Å². The van der Waals surface area contributed by atoms with Crippen LogP contribution in [-0.4, -0.2) is 28.6 Å². The first-order chi connectivity index (χ1) is 8.06. The van der Waals surface area contributed by atoms with Crippen molar-refractivity contribution in [2.24, 2.45) is 5.92 Å². The van der Waals surface area contributed by atoms with Crippen molar-refractivity contribution in [2.75, 3.05) is 6.61 Å². The van der Waals surface area contributed by atoms with E-state index in [-0.39, 0.29) is 13.0 Å². The van der Waals surface area contributed by atoms with E-state index in [1.165, 1.54) is 12.4 Å². The van der Waals surface area contributed by atoms with Gasteiger partial charge in [-0.05, 0) is 25.0 Å². The number of rotatable bonds is 5. The van der Waals surface area contributed by atoms with Gasteiger partial charge < -0.3 is 9.84 Å². The van der Waals surface area contributed by atoms with Crippen molar-refractivity contribution >= 4 is 23.5 Å². The lowest BCUT2D eigenvalue weighted by atomic mass is 10.0. The van der Waals surface area contributed by atoms with Gasteiger partial charge >= 0.3 is 11.9 Å². The molecule has 0 fully saturated rings. The Hall–Kier alpha value is -1.62. The predicted molar refractivity (Wildman–Crippen MR) is 60.7 cm³/mol. The Morgan fingerprint density at radius 3 is 2.82 bits per heavy atom. The predicted octanol–water partition coefficient (Wildman–Crippen LogP) is 1.54. The van der Waals surface area contributed by atoms with Crippen molar-refractivity contribution in [2.45, 2.75) is 13.3 Å². The summed E-state index contributed by atoms with van der Waals surface area (Å²) >= 11 is 5.85. The van der Waals surface area contributed by atoms with Gasteiger partial charge in [0.2, 0.25) is 0 Å². The largest absolute Gasteiger partial charge is 0.481 e. The first kappa shape index (κ1) is 13.4. The van der Waals surface area contributed by atoms with E-state index in [0.29, 0.717) is 10.6 Å². The lowest BCUT2D eigenvalue weighted by Crippen LogP contribution is -2.28. The van der Waals surface area contributed by atoms with Crippen LogP contribution in [0.15, 0.2) is 18.5 Å². The van der Waals surface area contributed by atoms with Gasteiger partial charge in [0.25, 0.3) is 0 Å². The van der Waals surface area contributed by atoms with Crippen LogP contribution in [0.4, 0.5) is 0 Å². The number of hydrogen-bond donors (Lipinski definition) is 1. The van der Waals surface area contributed by atoms with Gasteiger partial charge in [-0.15, -0.1) is 0 Å². The fourth-order valence-corrected chi connectivity index (χ4v) is 1.50. The summed E-state index contributed by atoms with van der Waals surface area (Å²) in [7, 11) is 0. The van der Waals surface area contributed by atoms with Crippen molar-refractivity contribution in [1.29, 1.82) is 0 Å². The number of hydrogen-bond acceptors (Lipinski definition) is 4. The minimum absolute atomic E-state index is 0.00444. The van der Waals surface area contributed by atoms with Crippen LogP contribution in [0.5, 0.6) is 0 Å². The van der Waals surface area contributed by atoms with Crippen LogP contribution in [0.25, 0.3) is 0 Å². The molecule has 0 spiro atoms. The fourth-order valence-electron chi connectivity index (χ4n) is 1.30. The maximum absolute atomic E-state index is 11.4. The normalized spacial score (nSPS) is 11.9. The summed E-state index contributed by atoms with van der Waals surface area (Å²) in [6.45, 7) is 1.77. The van der Waals surface area contributed by atoms with Crippen LogP contribution < -0.4 is 0 Å². The van der Waals surface area contributed by atoms with Gasteiger partial charge in [0.05, 0.1) is 11.6 Å². The zero-order valence-electron chi connectivity index (χ0n) is 9.22. The standard InChI is InChI=1S/C11H12ClNO4/c1-2-17-11(16)8(10(14)15)5-7-3-4-13-6-9(7)12/h3-4,6,8H,2,5H2,1H3,(H,14,15). The number of nitrogens with zero attached hydrogens (tertiary/aromatic N) is 1. The first-order valence-electron chi connectivity index (χ1n) is 5.04. The molecular formula is C11H12ClNO4. The maximum Gasteiger partial charge on any atom is 0.320 e. The molecule has 17 heavy (non-hydrogen) atoms. The Labute approximate surface area is 103 Å². The summed E-state index contributed by atoms with van der Waals surface area (Å²) in [5, 5.41) is 9.30. The molecule has 1 heterocycles. The average molecular weight is 258 g/mol. The van der Waals surface area contributed by atoms with E-state index < -0.39 is 17.9 Å². The van der Waals surface area contributed by atoms with E-state index in [1.54, 1.807) is 13.0 Å². The minimum Gasteiger partial charge on any atom is -0.481 e. The number of carboxylic acids is 1. The molecule has 0 radical (unpaired) electrons. The Balaban J connectivity index is 2.84. The fraction of sp³-hybridized carbons (Fsp3) is 0.364. The zero-order valence-corrected chi connectivity index (χ0v) is 9.98. The maximum atomic E-state index is 11.4. The summed E-state index contributed by atoms with van der Waals surface area (Å²) in [4.78, 5) is 26.2. The number of pyridine rings is 1. The van der Waals surface area contributed by atoms with Crippen molar-refractivity contribution in [3.8, 4) is 0 Å². The summed E-state index contributed by atoms with van der Waals surface area (Å²) in [6, 6.07) is 1.58. The third-order valence-electron chi connectivity index (χ3n) is 2.15. The molecule has 1 aromatic heterocycles. The number of esters is 1. The Morgan fingerprint density at radius 1 is 1.59 bits per heavy atom. The molecular weight excluding hydrogens is 246 g/mol. The third-order valence-corrected chi connectivity index (χ3v) is 2.49. The van der Waals surface area contributed by atoms with Crippen molar-refractivity contribution in [1.82, 2.24) is 4.98 Å². The molecule has 1 unspecified atom stereocenters. The van der Waals surface area contributed by atoms with E-state index in [4.69, 9.17) is 21.4 Å². The SMILES string of the molecule is CCOC(=O)C(Cc1ccncc1Cl)C(=O)O. The van der Waals surface area contributed by atoms with E-state index in [9.17, 15) is 9.59 Å². The van der Waals surface area contributed by atoms with E-state index in [0.717, 1.165) is 0 Å². The van der Waals surface area contributed by atoms with Crippen LogP contribution in [0.3, 0.4) is 0 Å². The highest BCUT2D eigenvalue weighted by Gasteiger charge is 2.28. The Bertz CT molecular complexity index is 422. The minimum atomic E-state index is -1.24. The van der Waals surface area contributed by atoms with E-state index in [2.05, 4.69) is 4.98 Å². The molecule has 92 valence electrons. The molecule has 0 aromatic carbocycles. The van der Waals surface area contributed by atoms with E-state index >= 15 is 0 Å². The quantitative estimate of drug-likeness (QED) is 0.640. The number of aromatic nitrogens is 1. The van der Waals surface area contributed by atoms with Crippen molar-refractivity contribution in [3.05, 3.63) is 29.0 Å². The van der Waals surface area contributed by atoms with Crippen molar-refractivity contribution in [3.63, 3.8) is 0 Å².